The summed E-state index contributed by atoms with van der Waals surface area (Å²) in [6, 6.07) is 6.40. The van der Waals surface area contributed by atoms with Crippen molar-refractivity contribution < 1.29 is 23.0 Å². The molecule has 2 aromatic heterocycles. The molecule has 0 bridgehead atoms. The second kappa shape index (κ2) is 9.27. The Hall–Kier alpha value is -3.50. The molecule has 0 fully saturated rings. The summed E-state index contributed by atoms with van der Waals surface area (Å²) in [6.45, 7) is 5.66. The average molecular weight is 486 g/mol. The molecule has 2 heterocycles. The van der Waals surface area contributed by atoms with Crippen LogP contribution in [0, 0.1) is 6.92 Å². The molecule has 2 atom stereocenters. The summed E-state index contributed by atoms with van der Waals surface area (Å²) in [5.74, 6) is -0.371. The molecule has 0 saturated heterocycles. The molecule has 35 heavy (non-hydrogen) atoms. The highest BCUT2D eigenvalue weighted by Gasteiger charge is 2.38. The van der Waals surface area contributed by atoms with Crippen LogP contribution in [0.3, 0.4) is 0 Å². The number of aliphatic hydroxyl groups is 1. The Kier molecular flexibility index (Phi) is 6.52. The van der Waals surface area contributed by atoms with Gasteiger partial charge in [-0.2, -0.15) is 8.78 Å². The lowest BCUT2D eigenvalue weighted by Crippen LogP contribution is -2.31. The Bertz CT molecular complexity index is 1280. The number of rotatable bonds is 7. The van der Waals surface area contributed by atoms with Gasteiger partial charge in [0.05, 0.1) is 23.0 Å². The monoisotopic (exact) mass is 485 g/mol. The molecule has 0 saturated carbocycles. The molecule has 0 radical (unpaired) electrons. The van der Waals surface area contributed by atoms with Gasteiger partial charge in [-0.25, -0.2) is 19.3 Å². The Balaban J connectivity index is 1.83. The highest BCUT2D eigenvalue weighted by molar-refractivity contribution is 5.84. The molecular weight excluding hydrogens is 459 g/mol. The van der Waals surface area contributed by atoms with E-state index in [1.54, 1.807) is 43.5 Å². The molecule has 1 aliphatic carbocycles. The van der Waals surface area contributed by atoms with Gasteiger partial charge in [0.2, 0.25) is 0 Å². The zero-order valence-corrected chi connectivity index (χ0v) is 19.5. The zero-order valence-electron chi connectivity index (χ0n) is 19.5. The lowest BCUT2D eigenvalue weighted by molar-refractivity contribution is -0.0506. The van der Waals surface area contributed by atoms with Crippen molar-refractivity contribution in [1.82, 2.24) is 19.5 Å². The molecule has 0 amide bonds. The van der Waals surface area contributed by atoms with E-state index >= 15 is 0 Å². The molecule has 1 aromatic carbocycles. The number of ether oxygens (including phenoxy) is 1. The number of hydrogen-bond donors (Lipinski definition) is 2. The maximum Gasteiger partial charge on any atom is 0.387 e. The molecule has 4 rings (SSSR count). The zero-order chi connectivity index (χ0) is 25.5. The fourth-order valence-electron chi connectivity index (χ4n) is 4.26. The minimum atomic E-state index is -3.00. The number of fused-ring (bicyclic) bond motifs is 1. The maximum absolute atomic E-state index is 14.6. The van der Waals surface area contributed by atoms with E-state index in [9.17, 15) is 18.3 Å². The Labute approximate surface area is 200 Å². The Morgan fingerprint density at radius 1 is 1.29 bits per heavy atom. The van der Waals surface area contributed by atoms with Crippen LogP contribution in [-0.4, -0.2) is 31.2 Å². The van der Waals surface area contributed by atoms with Gasteiger partial charge in [-0.3, -0.25) is 0 Å². The van der Waals surface area contributed by atoms with Crippen molar-refractivity contribution in [3.8, 4) is 5.75 Å². The first kappa shape index (κ1) is 24.6. The van der Waals surface area contributed by atoms with Crippen molar-refractivity contribution in [1.29, 1.82) is 0 Å². The van der Waals surface area contributed by atoms with E-state index in [1.165, 1.54) is 24.7 Å². The normalized spacial score (nSPS) is 18.1. The third-order valence-electron chi connectivity index (χ3n) is 5.86. The summed E-state index contributed by atoms with van der Waals surface area (Å²) in [6.07, 6.45) is 3.70. The standard InChI is InChI=1S/C25H26F3N5O2/c1-13(26)18(15-10-30-23(31-11-15)25(3,4)29)12-33-14(2)32-21-19(34)9-17(22(21)33)16-7-5-6-8-20(16)35-24(27)28/h5-8,10-12,17,19,24,34H,1,9,29H2,2-4H3/b18-12+/t17-,19-/m1/s1. The number of aryl methyl sites for hydroxylation is 1. The molecule has 10 heteroatoms. The number of alkyl halides is 2. The van der Waals surface area contributed by atoms with Gasteiger partial charge in [-0.1, -0.05) is 24.8 Å². The average Bonchev–Trinajstić information content (AvgIpc) is 3.27. The molecule has 1 aliphatic rings. The minimum Gasteiger partial charge on any atom is -0.435 e. The largest absolute Gasteiger partial charge is 0.435 e. The lowest BCUT2D eigenvalue weighted by Gasteiger charge is -2.19. The summed E-state index contributed by atoms with van der Waals surface area (Å²) < 4.78 is 47.0. The third kappa shape index (κ3) is 4.85. The van der Waals surface area contributed by atoms with Crippen LogP contribution in [0.25, 0.3) is 11.8 Å². The topological polar surface area (TPSA) is 99.1 Å². The molecule has 184 valence electrons. The molecule has 0 aliphatic heterocycles. The number of aliphatic hydroxyl groups excluding tert-OH is 1. The summed E-state index contributed by atoms with van der Waals surface area (Å²) >= 11 is 0. The van der Waals surface area contributed by atoms with Gasteiger partial charge >= 0.3 is 6.61 Å². The highest BCUT2D eigenvalue weighted by atomic mass is 19.3. The highest BCUT2D eigenvalue weighted by Crippen LogP contribution is 2.47. The number of halogens is 3. The number of nitrogens with zero attached hydrogens (tertiary/aromatic N) is 4. The van der Waals surface area contributed by atoms with Crippen LogP contribution in [-0.2, 0) is 5.54 Å². The van der Waals surface area contributed by atoms with Crippen LogP contribution >= 0.6 is 0 Å². The fraction of sp³-hybridized carbons (Fsp3) is 0.320. The van der Waals surface area contributed by atoms with E-state index < -0.39 is 30.0 Å². The summed E-state index contributed by atoms with van der Waals surface area (Å²) in [7, 11) is 0. The van der Waals surface area contributed by atoms with Crippen LogP contribution in [0.2, 0.25) is 0 Å². The smallest absolute Gasteiger partial charge is 0.387 e. The van der Waals surface area contributed by atoms with Gasteiger partial charge in [0.15, 0.2) is 0 Å². The quantitative estimate of drug-likeness (QED) is 0.465. The van der Waals surface area contributed by atoms with Gasteiger partial charge in [0.25, 0.3) is 0 Å². The predicted octanol–water partition coefficient (Wildman–Crippen LogP) is 4.83. The van der Waals surface area contributed by atoms with Gasteiger partial charge in [0.1, 0.15) is 23.2 Å². The summed E-state index contributed by atoms with van der Waals surface area (Å²) in [5, 5.41) is 10.7. The summed E-state index contributed by atoms with van der Waals surface area (Å²) in [4.78, 5) is 13.0. The number of aromatic nitrogens is 4. The van der Waals surface area contributed by atoms with Gasteiger partial charge in [0, 0.05) is 41.2 Å². The van der Waals surface area contributed by atoms with E-state index in [0.717, 1.165) is 0 Å². The summed E-state index contributed by atoms with van der Waals surface area (Å²) in [5.41, 5.74) is 7.16. The Morgan fingerprint density at radius 3 is 2.54 bits per heavy atom. The van der Waals surface area contributed by atoms with E-state index in [1.807, 2.05) is 0 Å². The van der Waals surface area contributed by atoms with Crippen molar-refractivity contribution in [2.45, 2.75) is 51.4 Å². The van der Waals surface area contributed by atoms with Gasteiger partial charge in [-0.15, -0.1) is 0 Å². The van der Waals surface area contributed by atoms with E-state index in [-0.39, 0.29) is 17.7 Å². The molecule has 3 N–H and O–H groups in total. The fourth-order valence-corrected chi connectivity index (χ4v) is 4.26. The van der Waals surface area contributed by atoms with Crippen LogP contribution in [0.4, 0.5) is 13.2 Å². The molecule has 0 spiro atoms. The molecule has 3 aromatic rings. The van der Waals surface area contributed by atoms with Gasteiger partial charge in [-0.05, 0) is 33.3 Å². The lowest BCUT2D eigenvalue weighted by atomic mass is 9.95. The first-order chi connectivity index (χ1) is 16.5. The molecule has 7 nitrogen and oxygen atoms in total. The second-order valence-electron chi connectivity index (χ2n) is 8.98. The van der Waals surface area contributed by atoms with Crippen LogP contribution < -0.4 is 10.5 Å². The van der Waals surface area contributed by atoms with Crippen LogP contribution in [0.5, 0.6) is 5.75 Å². The van der Waals surface area contributed by atoms with Crippen molar-refractivity contribution in [2.75, 3.05) is 0 Å². The first-order valence-corrected chi connectivity index (χ1v) is 11.0. The number of benzene rings is 1. The van der Waals surface area contributed by atoms with E-state index in [2.05, 4.69) is 21.5 Å². The van der Waals surface area contributed by atoms with Gasteiger partial charge < -0.3 is 20.1 Å². The number of hydrogen-bond acceptors (Lipinski definition) is 6. The van der Waals surface area contributed by atoms with E-state index in [0.29, 0.717) is 34.2 Å². The first-order valence-electron chi connectivity index (χ1n) is 11.0. The van der Waals surface area contributed by atoms with Crippen LogP contribution in [0.15, 0.2) is 49.1 Å². The maximum atomic E-state index is 14.6. The second-order valence-corrected chi connectivity index (χ2v) is 8.98. The number of para-hydroxylation sites is 1. The van der Waals surface area contributed by atoms with Crippen LogP contribution in [0.1, 0.15) is 66.5 Å². The molecule has 0 unspecified atom stereocenters. The predicted molar refractivity (Wildman–Crippen MR) is 125 cm³/mol. The van der Waals surface area contributed by atoms with Crippen molar-refractivity contribution in [3.05, 3.63) is 83.2 Å². The number of imidazole rings is 1. The van der Waals surface area contributed by atoms with E-state index in [4.69, 9.17) is 10.5 Å². The third-order valence-corrected chi connectivity index (χ3v) is 5.86. The van der Waals surface area contributed by atoms with Crippen molar-refractivity contribution >= 4 is 11.8 Å². The SMILES string of the molecule is C=C(F)/C(=C\n1c(C)nc2c1[C@@H](c1ccccc1OC(F)F)C[C@H]2O)c1cnc(C(C)(C)N)nc1. The molecular formula is C25H26F3N5O2. The van der Waals surface area contributed by atoms with Crippen molar-refractivity contribution in [2.24, 2.45) is 5.73 Å². The Morgan fingerprint density at radius 2 is 1.94 bits per heavy atom. The number of allylic oxidation sites excluding steroid dienone is 2. The minimum absolute atomic E-state index is 0.00504. The number of nitrogens with two attached hydrogens (primary N) is 1. The van der Waals surface area contributed by atoms with Crippen molar-refractivity contribution in [3.63, 3.8) is 0 Å².